The van der Waals surface area contributed by atoms with Crippen molar-refractivity contribution in [3.8, 4) is 0 Å². The maximum absolute atomic E-state index is 13.1. The van der Waals surface area contributed by atoms with Crippen LogP contribution in [0, 0.1) is 0 Å². The summed E-state index contributed by atoms with van der Waals surface area (Å²) in [6.45, 7) is 18.0. The van der Waals surface area contributed by atoms with Crippen LogP contribution in [0.5, 0.6) is 0 Å². The van der Waals surface area contributed by atoms with Crippen LogP contribution in [0.4, 0.5) is 0 Å². The molecule has 28 heavy (non-hydrogen) atoms. The SMILES string of the molecule is CCCCC(O)(C(=O)NCCC)c1ccc(C(C)(C)CC)cc1C(C)(C)CC. The summed E-state index contributed by atoms with van der Waals surface area (Å²) in [5, 5.41) is 14.6. The number of benzene rings is 1. The Kier molecular flexibility index (Phi) is 8.74. The maximum atomic E-state index is 13.1. The van der Waals surface area contributed by atoms with Gasteiger partial charge in [-0.15, -0.1) is 0 Å². The van der Waals surface area contributed by atoms with Gasteiger partial charge in [0.2, 0.25) is 0 Å². The lowest BCUT2D eigenvalue weighted by Crippen LogP contribution is -2.46. The van der Waals surface area contributed by atoms with Crippen LogP contribution in [-0.4, -0.2) is 17.6 Å². The van der Waals surface area contributed by atoms with Gasteiger partial charge in [-0.1, -0.05) is 80.0 Å². The molecule has 1 unspecified atom stereocenters. The molecule has 0 aliphatic heterocycles. The summed E-state index contributed by atoms with van der Waals surface area (Å²) in [4.78, 5) is 13.1. The highest BCUT2D eigenvalue weighted by Gasteiger charge is 2.41. The monoisotopic (exact) mass is 389 g/mol. The van der Waals surface area contributed by atoms with Crippen molar-refractivity contribution in [2.24, 2.45) is 0 Å². The molecular weight excluding hydrogens is 346 g/mol. The molecule has 1 atom stereocenters. The normalized spacial score (nSPS) is 14.6. The zero-order valence-electron chi connectivity index (χ0n) is 19.5. The zero-order chi connectivity index (χ0) is 21.6. The number of amides is 1. The van der Waals surface area contributed by atoms with Crippen molar-refractivity contribution in [1.29, 1.82) is 0 Å². The molecule has 0 bridgehead atoms. The van der Waals surface area contributed by atoms with E-state index >= 15 is 0 Å². The Bertz CT molecular complexity index is 648. The highest BCUT2D eigenvalue weighted by molar-refractivity contribution is 5.87. The largest absolute Gasteiger partial charge is 0.375 e. The molecule has 1 rings (SSSR count). The molecular formula is C25H43NO2. The smallest absolute Gasteiger partial charge is 0.256 e. The van der Waals surface area contributed by atoms with Crippen LogP contribution < -0.4 is 5.32 Å². The number of nitrogens with one attached hydrogen (secondary N) is 1. The summed E-state index contributed by atoms with van der Waals surface area (Å²) in [5.74, 6) is -0.265. The fourth-order valence-corrected chi connectivity index (χ4v) is 3.47. The van der Waals surface area contributed by atoms with Gasteiger partial charge in [0, 0.05) is 6.54 Å². The van der Waals surface area contributed by atoms with Crippen LogP contribution in [0.1, 0.15) is 111 Å². The van der Waals surface area contributed by atoms with Crippen LogP contribution >= 0.6 is 0 Å². The van der Waals surface area contributed by atoms with E-state index in [-0.39, 0.29) is 16.7 Å². The molecule has 0 saturated carbocycles. The van der Waals surface area contributed by atoms with Crippen molar-refractivity contribution in [1.82, 2.24) is 5.32 Å². The molecule has 3 nitrogen and oxygen atoms in total. The van der Waals surface area contributed by atoms with Crippen LogP contribution in [0.3, 0.4) is 0 Å². The zero-order valence-corrected chi connectivity index (χ0v) is 19.5. The van der Waals surface area contributed by atoms with E-state index in [0.717, 1.165) is 43.2 Å². The lowest BCUT2D eigenvalue weighted by atomic mass is 9.71. The van der Waals surface area contributed by atoms with Crippen molar-refractivity contribution in [3.63, 3.8) is 0 Å². The Morgan fingerprint density at radius 2 is 1.54 bits per heavy atom. The lowest BCUT2D eigenvalue weighted by Gasteiger charge is -2.36. The third-order valence-corrected chi connectivity index (χ3v) is 6.55. The molecule has 3 heteroatoms. The number of hydrogen-bond acceptors (Lipinski definition) is 2. The average Bonchev–Trinajstić information content (AvgIpc) is 2.69. The third kappa shape index (κ3) is 5.37. The second kappa shape index (κ2) is 9.91. The van der Waals surface area contributed by atoms with Gasteiger partial charge in [-0.3, -0.25) is 4.79 Å². The molecule has 0 saturated heterocycles. The number of carbonyl (C=O) groups excluding carboxylic acids is 1. The number of hydrogen-bond donors (Lipinski definition) is 2. The van der Waals surface area contributed by atoms with Gasteiger partial charge in [-0.05, 0) is 59.6 Å². The first-order valence-corrected chi connectivity index (χ1v) is 11.2. The van der Waals surface area contributed by atoms with E-state index in [0.29, 0.717) is 13.0 Å². The first kappa shape index (κ1) is 24.7. The highest BCUT2D eigenvalue weighted by atomic mass is 16.3. The fourth-order valence-electron chi connectivity index (χ4n) is 3.47. The summed E-state index contributed by atoms with van der Waals surface area (Å²) in [5.41, 5.74) is 1.59. The molecule has 1 amide bonds. The van der Waals surface area contributed by atoms with E-state index in [1.165, 1.54) is 5.56 Å². The van der Waals surface area contributed by atoms with Crippen molar-refractivity contribution in [2.45, 2.75) is 110 Å². The Morgan fingerprint density at radius 1 is 0.929 bits per heavy atom. The van der Waals surface area contributed by atoms with Crippen molar-refractivity contribution in [2.75, 3.05) is 6.54 Å². The second-order valence-electron chi connectivity index (χ2n) is 9.45. The summed E-state index contributed by atoms with van der Waals surface area (Å²) in [6.07, 6.45) is 5.03. The summed E-state index contributed by atoms with van der Waals surface area (Å²) in [6, 6.07) is 6.37. The van der Waals surface area contributed by atoms with E-state index in [1.54, 1.807) is 0 Å². The summed E-state index contributed by atoms with van der Waals surface area (Å²) < 4.78 is 0. The van der Waals surface area contributed by atoms with Crippen LogP contribution in [0.2, 0.25) is 0 Å². The first-order valence-electron chi connectivity index (χ1n) is 11.2. The molecule has 0 aliphatic carbocycles. The first-order chi connectivity index (χ1) is 13.0. The minimum atomic E-state index is -1.48. The molecule has 0 fully saturated rings. The molecule has 1 aromatic carbocycles. The van der Waals surface area contributed by atoms with Gasteiger partial charge in [0.25, 0.3) is 5.91 Å². The van der Waals surface area contributed by atoms with E-state index in [2.05, 4.69) is 65.9 Å². The molecule has 160 valence electrons. The van der Waals surface area contributed by atoms with E-state index in [1.807, 2.05) is 13.0 Å². The van der Waals surface area contributed by atoms with Gasteiger partial charge in [-0.25, -0.2) is 0 Å². The van der Waals surface area contributed by atoms with Crippen molar-refractivity contribution in [3.05, 3.63) is 34.9 Å². The minimum Gasteiger partial charge on any atom is -0.375 e. The quantitative estimate of drug-likeness (QED) is 0.490. The van der Waals surface area contributed by atoms with Gasteiger partial charge in [0.1, 0.15) is 0 Å². The van der Waals surface area contributed by atoms with E-state index < -0.39 is 5.60 Å². The fraction of sp³-hybridized carbons (Fsp3) is 0.720. The molecule has 0 aliphatic rings. The van der Waals surface area contributed by atoms with Gasteiger partial charge in [-0.2, -0.15) is 0 Å². The predicted molar refractivity (Wildman–Crippen MR) is 120 cm³/mol. The molecule has 0 aromatic heterocycles. The maximum Gasteiger partial charge on any atom is 0.256 e. The van der Waals surface area contributed by atoms with E-state index in [9.17, 15) is 9.90 Å². The predicted octanol–water partition coefficient (Wildman–Crippen LogP) is 5.97. The van der Waals surface area contributed by atoms with Crippen LogP contribution in [0.15, 0.2) is 18.2 Å². The Labute approximate surface area is 173 Å². The molecule has 0 heterocycles. The third-order valence-electron chi connectivity index (χ3n) is 6.55. The van der Waals surface area contributed by atoms with Gasteiger partial charge < -0.3 is 10.4 Å². The van der Waals surface area contributed by atoms with Crippen LogP contribution in [-0.2, 0) is 21.2 Å². The van der Waals surface area contributed by atoms with Crippen molar-refractivity contribution < 1.29 is 9.90 Å². The molecule has 1 aromatic rings. The number of carbonyl (C=O) groups is 1. The standard InChI is InChI=1S/C25H43NO2/c1-9-13-16-25(28,22(27)26-17-10-2)20-15-14-19(23(5,6)11-3)18-21(20)24(7,8)12-4/h14-15,18,28H,9-13,16-17H2,1-8H3,(H,26,27). The molecule has 0 radical (unpaired) electrons. The second-order valence-corrected chi connectivity index (χ2v) is 9.45. The summed E-state index contributed by atoms with van der Waals surface area (Å²) in [7, 11) is 0. The van der Waals surface area contributed by atoms with Gasteiger partial charge in [0.15, 0.2) is 5.60 Å². The number of unbranched alkanes of at least 4 members (excludes halogenated alkanes) is 1. The molecule has 0 spiro atoms. The number of aliphatic hydroxyl groups is 1. The van der Waals surface area contributed by atoms with E-state index in [4.69, 9.17) is 0 Å². The minimum absolute atomic E-state index is 0.0586. The Balaban J connectivity index is 3.65. The summed E-state index contributed by atoms with van der Waals surface area (Å²) >= 11 is 0. The Hall–Kier alpha value is -1.35. The van der Waals surface area contributed by atoms with Gasteiger partial charge in [0.05, 0.1) is 0 Å². The van der Waals surface area contributed by atoms with Gasteiger partial charge >= 0.3 is 0 Å². The number of rotatable bonds is 11. The highest BCUT2D eigenvalue weighted by Crippen LogP contribution is 2.40. The van der Waals surface area contributed by atoms with Crippen molar-refractivity contribution >= 4 is 5.91 Å². The lowest BCUT2D eigenvalue weighted by molar-refractivity contribution is -0.142. The molecule has 2 N–H and O–H groups in total. The van der Waals surface area contributed by atoms with Crippen LogP contribution in [0.25, 0.3) is 0 Å². The topological polar surface area (TPSA) is 49.3 Å². The Morgan fingerprint density at radius 3 is 2.04 bits per heavy atom. The average molecular weight is 390 g/mol.